The molecule has 1 aromatic carbocycles. The van der Waals surface area contributed by atoms with E-state index < -0.39 is 0 Å². The number of carbonyl (C=O) groups is 1. The zero-order chi connectivity index (χ0) is 14.4. The molecule has 2 N–H and O–H groups in total. The standard InChI is InChI=1S/C15H21ClN2O2/c1-11-3-6-13(9-14(11)16)18-15(19)17-7-2-8-20-10-12-4-5-12/h3,6,9,12H,2,4-5,7-8,10H2,1H3,(H2,17,18,19). The Morgan fingerprint density at radius 1 is 1.45 bits per heavy atom. The average molecular weight is 297 g/mol. The first-order valence-electron chi connectivity index (χ1n) is 7.04. The molecule has 1 fully saturated rings. The van der Waals surface area contributed by atoms with Crippen LogP contribution >= 0.6 is 11.6 Å². The minimum atomic E-state index is -0.216. The Hall–Kier alpha value is -1.26. The molecule has 0 saturated heterocycles. The first-order valence-corrected chi connectivity index (χ1v) is 7.41. The summed E-state index contributed by atoms with van der Waals surface area (Å²) < 4.78 is 5.50. The molecule has 2 amide bonds. The van der Waals surface area contributed by atoms with Crippen molar-refractivity contribution >= 4 is 23.3 Å². The van der Waals surface area contributed by atoms with Crippen LogP contribution in [0.4, 0.5) is 10.5 Å². The second-order valence-electron chi connectivity index (χ2n) is 5.22. The molecule has 0 radical (unpaired) electrons. The van der Waals surface area contributed by atoms with Gasteiger partial charge < -0.3 is 15.4 Å². The van der Waals surface area contributed by atoms with Crippen LogP contribution in [0.1, 0.15) is 24.8 Å². The molecule has 0 atom stereocenters. The second-order valence-corrected chi connectivity index (χ2v) is 5.62. The predicted molar refractivity (Wildman–Crippen MR) is 81.4 cm³/mol. The zero-order valence-electron chi connectivity index (χ0n) is 11.7. The molecule has 0 bridgehead atoms. The van der Waals surface area contributed by atoms with Crippen LogP contribution in [-0.4, -0.2) is 25.8 Å². The van der Waals surface area contributed by atoms with Crippen molar-refractivity contribution in [2.45, 2.75) is 26.2 Å². The van der Waals surface area contributed by atoms with Crippen LogP contribution in [0.25, 0.3) is 0 Å². The van der Waals surface area contributed by atoms with Crippen molar-refractivity contribution in [1.82, 2.24) is 5.32 Å². The number of ether oxygens (including phenoxy) is 1. The van der Waals surface area contributed by atoms with Crippen LogP contribution < -0.4 is 10.6 Å². The summed E-state index contributed by atoms with van der Waals surface area (Å²) in [7, 11) is 0. The smallest absolute Gasteiger partial charge is 0.319 e. The van der Waals surface area contributed by atoms with E-state index in [2.05, 4.69) is 10.6 Å². The number of hydrogen-bond acceptors (Lipinski definition) is 2. The van der Waals surface area contributed by atoms with Gasteiger partial charge in [0, 0.05) is 30.5 Å². The van der Waals surface area contributed by atoms with E-state index >= 15 is 0 Å². The van der Waals surface area contributed by atoms with E-state index in [-0.39, 0.29) is 6.03 Å². The van der Waals surface area contributed by atoms with Crippen LogP contribution in [0.15, 0.2) is 18.2 Å². The van der Waals surface area contributed by atoms with E-state index in [4.69, 9.17) is 16.3 Å². The highest BCUT2D eigenvalue weighted by Gasteiger charge is 2.20. The molecule has 5 heteroatoms. The number of hydrogen-bond donors (Lipinski definition) is 2. The summed E-state index contributed by atoms with van der Waals surface area (Å²) in [4.78, 5) is 11.7. The van der Waals surface area contributed by atoms with Crippen LogP contribution in [0.2, 0.25) is 5.02 Å². The number of halogens is 1. The summed E-state index contributed by atoms with van der Waals surface area (Å²) in [6.07, 6.45) is 3.44. The Kier molecular flexibility index (Phi) is 5.68. The van der Waals surface area contributed by atoms with Gasteiger partial charge in [-0.05, 0) is 49.8 Å². The highest BCUT2D eigenvalue weighted by atomic mass is 35.5. The van der Waals surface area contributed by atoms with Gasteiger partial charge in [-0.15, -0.1) is 0 Å². The average Bonchev–Trinajstić information content (AvgIpc) is 3.22. The van der Waals surface area contributed by atoms with Gasteiger partial charge in [-0.2, -0.15) is 0 Å². The largest absolute Gasteiger partial charge is 0.381 e. The molecule has 2 rings (SSSR count). The maximum absolute atomic E-state index is 11.7. The molecule has 0 aromatic heterocycles. The molecule has 0 unspecified atom stereocenters. The fourth-order valence-electron chi connectivity index (χ4n) is 1.76. The van der Waals surface area contributed by atoms with Crippen molar-refractivity contribution in [2.75, 3.05) is 25.1 Å². The van der Waals surface area contributed by atoms with Crippen molar-refractivity contribution in [3.8, 4) is 0 Å². The molecule has 1 aliphatic carbocycles. The van der Waals surface area contributed by atoms with Crippen molar-refractivity contribution in [3.05, 3.63) is 28.8 Å². The maximum atomic E-state index is 11.7. The monoisotopic (exact) mass is 296 g/mol. The molecule has 1 aromatic rings. The molecule has 20 heavy (non-hydrogen) atoms. The van der Waals surface area contributed by atoms with Crippen LogP contribution in [0, 0.1) is 12.8 Å². The third kappa shape index (κ3) is 5.39. The lowest BCUT2D eigenvalue weighted by molar-refractivity contribution is 0.122. The van der Waals surface area contributed by atoms with E-state index in [1.807, 2.05) is 19.1 Å². The third-order valence-corrected chi connectivity index (χ3v) is 3.64. The van der Waals surface area contributed by atoms with E-state index in [9.17, 15) is 4.79 Å². The Labute approximate surface area is 124 Å². The maximum Gasteiger partial charge on any atom is 0.319 e. The van der Waals surface area contributed by atoms with Crippen molar-refractivity contribution < 1.29 is 9.53 Å². The molecule has 0 aliphatic heterocycles. The van der Waals surface area contributed by atoms with Crippen molar-refractivity contribution in [2.24, 2.45) is 5.92 Å². The van der Waals surface area contributed by atoms with Gasteiger partial charge in [-0.3, -0.25) is 0 Å². The Balaban J connectivity index is 1.58. The lowest BCUT2D eigenvalue weighted by Crippen LogP contribution is -2.30. The van der Waals surface area contributed by atoms with Crippen LogP contribution in [0.3, 0.4) is 0 Å². The van der Waals surface area contributed by atoms with Crippen molar-refractivity contribution in [1.29, 1.82) is 0 Å². The first-order chi connectivity index (χ1) is 9.65. The van der Waals surface area contributed by atoms with Gasteiger partial charge in [0.25, 0.3) is 0 Å². The van der Waals surface area contributed by atoms with Crippen LogP contribution in [-0.2, 0) is 4.74 Å². The first kappa shape index (κ1) is 15.1. The molecule has 110 valence electrons. The highest BCUT2D eigenvalue weighted by molar-refractivity contribution is 6.31. The number of aryl methyl sites for hydroxylation is 1. The SMILES string of the molecule is Cc1ccc(NC(=O)NCCCOCC2CC2)cc1Cl. The van der Waals surface area contributed by atoms with Gasteiger partial charge in [0.1, 0.15) is 0 Å². The number of benzene rings is 1. The Morgan fingerprint density at radius 3 is 2.95 bits per heavy atom. The summed E-state index contributed by atoms with van der Waals surface area (Å²) >= 11 is 6.00. The van der Waals surface area contributed by atoms with Gasteiger partial charge in [0.05, 0.1) is 0 Å². The van der Waals surface area contributed by atoms with Gasteiger partial charge in [-0.25, -0.2) is 4.79 Å². The number of nitrogens with one attached hydrogen (secondary N) is 2. The summed E-state index contributed by atoms with van der Waals surface area (Å²) in [5, 5.41) is 6.20. The molecular weight excluding hydrogens is 276 g/mol. The number of amides is 2. The summed E-state index contributed by atoms with van der Waals surface area (Å²) in [6, 6.07) is 5.24. The minimum Gasteiger partial charge on any atom is -0.381 e. The van der Waals surface area contributed by atoms with Crippen LogP contribution in [0.5, 0.6) is 0 Å². The summed E-state index contributed by atoms with van der Waals surface area (Å²) in [5.41, 5.74) is 1.69. The molecule has 4 nitrogen and oxygen atoms in total. The van der Waals surface area contributed by atoms with Gasteiger partial charge in [-0.1, -0.05) is 17.7 Å². The predicted octanol–water partition coefficient (Wildman–Crippen LogP) is 3.59. The zero-order valence-corrected chi connectivity index (χ0v) is 12.5. The number of anilines is 1. The summed E-state index contributed by atoms with van der Waals surface area (Å²) in [5.74, 6) is 0.789. The Morgan fingerprint density at radius 2 is 2.25 bits per heavy atom. The molecule has 1 aliphatic rings. The van der Waals surface area contributed by atoms with Gasteiger partial charge in [0.15, 0.2) is 0 Å². The van der Waals surface area contributed by atoms with Gasteiger partial charge >= 0.3 is 6.03 Å². The fraction of sp³-hybridized carbons (Fsp3) is 0.533. The number of carbonyl (C=O) groups excluding carboxylic acids is 1. The number of urea groups is 1. The van der Waals surface area contributed by atoms with E-state index in [0.29, 0.717) is 23.9 Å². The van der Waals surface area contributed by atoms with E-state index in [0.717, 1.165) is 24.5 Å². The van der Waals surface area contributed by atoms with Crippen molar-refractivity contribution in [3.63, 3.8) is 0 Å². The minimum absolute atomic E-state index is 0.216. The third-order valence-electron chi connectivity index (χ3n) is 3.23. The fourth-order valence-corrected chi connectivity index (χ4v) is 1.94. The Bertz CT molecular complexity index is 461. The molecule has 0 spiro atoms. The van der Waals surface area contributed by atoms with E-state index in [1.54, 1.807) is 6.07 Å². The topological polar surface area (TPSA) is 50.4 Å². The van der Waals surface area contributed by atoms with Gasteiger partial charge in [0.2, 0.25) is 0 Å². The number of rotatable bonds is 7. The summed E-state index contributed by atoms with van der Waals surface area (Å²) in [6.45, 7) is 4.10. The lowest BCUT2D eigenvalue weighted by Gasteiger charge is -2.09. The second kappa shape index (κ2) is 7.50. The molecule has 1 saturated carbocycles. The van der Waals surface area contributed by atoms with E-state index in [1.165, 1.54) is 12.8 Å². The lowest BCUT2D eigenvalue weighted by atomic mass is 10.2. The molecular formula is C15H21ClN2O2. The normalized spacial score (nSPS) is 14.1. The highest BCUT2D eigenvalue weighted by Crippen LogP contribution is 2.28. The quantitative estimate of drug-likeness (QED) is 0.756. The molecule has 0 heterocycles.